The minimum Gasteiger partial charge on any atom is -0.268 e. The molecule has 0 saturated heterocycles. The Balaban J connectivity index is 2.08. The van der Waals surface area contributed by atoms with E-state index < -0.39 is 11.7 Å². The molecule has 0 N–H and O–H groups in total. The lowest BCUT2D eigenvalue weighted by molar-refractivity contribution is -0.137. The number of nitrogens with zero attached hydrogens (tertiary/aromatic N) is 2. The Morgan fingerprint density at radius 2 is 2.05 bits per heavy atom. The van der Waals surface area contributed by atoms with Gasteiger partial charge >= 0.3 is 6.18 Å². The molecule has 0 unspecified atom stereocenters. The number of aromatic nitrogens is 2. The second-order valence-corrected chi connectivity index (χ2v) is 5.59. The molecule has 6 heteroatoms. The van der Waals surface area contributed by atoms with E-state index in [-0.39, 0.29) is 0 Å². The van der Waals surface area contributed by atoms with E-state index in [9.17, 15) is 13.2 Å². The third kappa shape index (κ3) is 2.26. The summed E-state index contributed by atoms with van der Waals surface area (Å²) in [6, 6.07) is 5.36. The first kappa shape index (κ1) is 13.0. The molecule has 0 bridgehead atoms. The van der Waals surface area contributed by atoms with Gasteiger partial charge in [0.1, 0.15) is 5.69 Å². The highest BCUT2D eigenvalue weighted by atomic mass is 127. The summed E-state index contributed by atoms with van der Waals surface area (Å²) in [5, 5.41) is 4.43. The maximum Gasteiger partial charge on any atom is 0.416 e. The number of aryl methyl sites for hydroxylation is 1. The van der Waals surface area contributed by atoms with Gasteiger partial charge in [0.25, 0.3) is 0 Å². The third-order valence-corrected chi connectivity index (χ3v) is 4.37. The van der Waals surface area contributed by atoms with Crippen LogP contribution in [-0.2, 0) is 19.1 Å². The number of hydrogen-bond donors (Lipinski definition) is 0. The molecule has 0 radical (unpaired) electrons. The highest BCUT2D eigenvalue weighted by molar-refractivity contribution is 14.1. The van der Waals surface area contributed by atoms with Gasteiger partial charge in [0.15, 0.2) is 0 Å². The van der Waals surface area contributed by atoms with Gasteiger partial charge < -0.3 is 0 Å². The highest BCUT2D eigenvalue weighted by Gasteiger charge is 2.31. The SMILES string of the molecule is FC(F)(F)c1cccc(-c2nn3c(c2I)CCC3)c1. The van der Waals surface area contributed by atoms with E-state index in [1.807, 2.05) is 4.68 Å². The van der Waals surface area contributed by atoms with Crippen molar-refractivity contribution in [2.45, 2.75) is 25.6 Å². The molecule has 3 rings (SSSR count). The second kappa shape index (κ2) is 4.50. The lowest BCUT2D eigenvalue weighted by Gasteiger charge is -2.07. The zero-order chi connectivity index (χ0) is 13.6. The number of alkyl halides is 3. The van der Waals surface area contributed by atoms with Crippen molar-refractivity contribution in [2.24, 2.45) is 0 Å². The molecule has 1 aromatic heterocycles. The number of benzene rings is 1. The van der Waals surface area contributed by atoms with E-state index in [0.29, 0.717) is 11.3 Å². The van der Waals surface area contributed by atoms with Crippen molar-refractivity contribution in [3.8, 4) is 11.3 Å². The van der Waals surface area contributed by atoms with Crippen LogP contribution in [0.15, 0.2) is 24.3 Å². The molecular weight excluding hydrogens is 368 g/mol. The van der Waals surface area contributed by atoms with Crippen molar-refractivity contribution < 1.29 is 13.2 Å². The monoisotopic (exact) mass is 378 g/mol. The molecule has 100 valence electrons. The van der Waals surface area contributed by atoms with Gasteiger partial charge in [-0.25, -0.2) is 0 Å². The average molecular weight is 378 g/mol. The van der Waals surface area contributed by atoms with Crippen molar-refractivity contribution in [3.05, 3.63) is 39.1 Å². The highest BCUT2D eigenvalue weighted by Crippen LogP contribution is 2.35. The van der Waals surface area contributed by atoms with Gasteiger partial charge in [0, 0.05) is 12.1 Å². The molecule has 2 heterocycles. The van der Waals surface area contributed by atoms with Crippen LogP contribution in [0.1, 0.15) is 17.7 Å². The molecule has 0 aliphatic carbocycles. The minimum absolute atomic E-state index is 0.529. The summed E-state index contributed by atoms with van der Waals surface area (Å²) in [5.74, 6) is 0. The quantitative estimate of drug-likeness (QED) is 0.683. The van der Waals surface area contributed by atoms with Crippen LogP contribution in [0.25, 0.3) is 11.3 Å². The first-order valence-corrected chi connectivity index (χ1v) is 6.97. The number of halogens is 4. The average Bonchev–Trinajstić information content (AvgIpc) is 2.92. The summed E-state index contributed by atoms with van der Waals surface area (Å²) in [6.45, 7) is 0.851. The van der Waals surface area contributed by atoms with Crippen molar-refractivity contribution >= 4 is 22.6 Å². The predicted molar refractivity (Wildman–Crippen MR) is 73.7 cm³/mol. The Bertz CT molecular complexity index is 631. The zero-order valence-electron chi connectivity index (χ0n) is 9.84. The molecule has 0 spiro atoms. The van der Waals surface area contributed by atoms with Gasteiger partial charge in [-0.1, -0.05) is 12.1 Å². The summed E-state index contributed by atoms with van der Waals surface area (Å²) in [7, 11) is 0. The van der Waals surface area contributed by atoms with Gasteiger partial charge in [-0.2, -0.15) is 18.3 Å². The largest absolute Gasteiger partial charge is 0.416 e. The first-order chi connectivity index (χ1) is 8.97. The van der Waals surface area contributed by atoms with Gasteiger partial charge in [-0.3, -0.25) is 4.68 Å². The van der Waals surface area contributed by atoms with Crippen molar-refractivity contribution in [1.82, 2.24) is 9.78 Å². The third-order valence-electron chi connectivity index (χ3n) is 3.24. The standard InChI is InChI=1S/C13H10F3IN2/c14-13(15,16)9-4-1-3-8(7-9)12-11(17)10-5-2-6-19(10)18-12/h1,3-4,7H,2,5-6H2. The molecule has 1 aliphatic rings. The van der Waals surface area contributed by atoms with Crippen molar-refractivity contribution in [3.63, 3.8) is 0 Å². The van der Waals surface area contributed by atoms with E-state index in [0.717, 1.165) is 34.7 Å². The topological polar surface area (TPSA) is 17.8 Å². The zero-order valence-corrected chi connectivity index (χ0v) is 12.0. The van der Waals surface area contributed by atoms with Gasteiger partial charge in [0.05, 0.1) is 14.8 Å². The number of hydrogen-bond acceptors (Lipinski definition) is 1. The molecule has 0 fully saturated rings. The summed E-state index contributed by atoms with van der Waals surface area (Å²) in [4.78, 5) is 0. The fourth-order valence-corrected chi connectivity index (χ4v) is 3.29. The van der Waals surface area contributed by atoms with Crippen LogP contribution < -0.4 is 0 Å². The molecule has 0 atom stereocenters. The Morgan fingerprint density at radius 3 is 2.74 bits per heavy atom. The summed E-state index contributed by atoms with van der Waals surface area (Å²) in [6.07, 6.45) is -2.31. The normalized spacial score (nSPS) is 14.7. The van der Waals surface area contributed by atoms with Crippen LogP contribution in [0.3, 0.4) is 0 Å². The molecule has 2 nitrogen and oxygen atoms in total. The van der Waals surface area contributed by atoms with Crippen LogP contribution in [0.5, 0.6) is 0 Å². The van der Waals surface area contributed by atoms with E-state index in [1.54, 1.807) is 6.07 Å². The van der Waals surface area contributed by atoms with E-state index in [2.05, 4.69) is 27.7 Å². The number of rotatable bonds is 1. The maximum atomic E-state index is 12.7. The first-order valence-electron chi connectivity index (χ1n) is 5.89. The molecular formula is C13H10F3IN2. The lowest BCUT2D eigenvalue weighted by atomic mass is 10.1. The smallest absolute Gasteiger partial charge is 0.268 e. The Labute approximate surface area is 121 Å². The minimum atomic E-state index is -4.32. The van der Waals surface area contributed by atoms with Gasteiger partial charge in [-0.05, 0) is 47.6 Å². The van der Waals surface area contributed by atoms with E-state index in [4.69, 9.17) is 0 Å². The van der Waals surface area contributed by atoms with Gasteiger partial charge in [-0.15, -0.1) is 0 Å². The lowest BCUT2D eigenvalue weighted by Crippen LogP contribution is -2.04. The molecule has 0 amide bonds. The van der Waals surface area contributed by atoms with Crippen LogP contribution in [0.2, 0.25) is 0 Å². The van der Waals surface area contributed by atoms with E-state index >= 15 is 0 Å². The van der Waals surface area contributed by atoms with E-state index in [1.165, 1.54) is 12.1 Å². The number of fused-ring (bicyclic) bond motifs is 1. The predicted octanol–water partition coefficient (Wildman–Crippen LogP) is 4.12. The maximum absolute atomic E-state index is 12.7. The summed E-state index contributed by atoms with van der Waals surface area (Å²) >= 11 is 2.17. The molecule has 19 heavy (non-hydrogen) atoms. The van der Waals surface area contributed by atoms with Gasteiger partial charge in [0.2, 0.25) is 0 Å². The van der Waals surface area contributed by atoms with Crippen LogP contribution in [0.4, 0.5) is 13.2 Å². The Kier molecular flexibility index (Phi) is 3.07. The fraction of sp³-hybridized carbons (Fsp3) is 0.308. The molecule has 2 aromatic rings. The summed E-state index contributed by atoms with van der Waals surface area (Å²) < 4.78 is 41.0. The molecule has 1 aliphatic heterocycles. The van der Waals surface area contributed by atoms with Crippen LogP contribution >= 0.6 is 22.6 Å². The Morgan fingerprint density at radius 1 is 1.26 bits per heavy atom. The van der Waals surface area contributed by atoms with Crippen molar-refractivity contribution in [2.75, 3.05) is 0 Å². The molecule has 1 aromatic carbocycles. The molecule has 0 saturated carbocycles. The van der Waals surface area contributed by atoms with Crippen LogP contribution in [0, 0.1) is 3.57 Å². The summed E-state index contributed by atoms with van der Waals surface area (Å²) in [5.41, 5.74) is 1.68. The van der Waals surface area contributed by atoms with Crippen LogP contribution in [-0.4, -0.2) is 9.78 Å². The van der Waals surface area contributed by atoms with Crippen molar-refractivity contribution in [1.29, 1.82) is 0 Å². The Hall–Kier alpha value is -1.05. The fourth-order valence-electron chi connectivity index (χ4n) is 2.32. The second-order valence-electron chi connectivity index (χ2n) is 4.51.